The fourth-order valence-corrected chi connectivity index (χ4v) is 1.76. The van der Waals surface area contributed by atoms with Crippen LogP contribution in [0.1, 0.15) is 12.5 Å². The summed E-state index contributed by atoms with van der Waals surface area (Å²) in [5.74, 6) is -1.05. The molecule has 0 aliphatic carbocycles. The highest BCUT2D eigenvalue weighted by Crippen LogP contribution is 2.11. The molecule has 1 aromatic rings. The second-order valence-corrected chi connectivity index (χ2v) is 4.34. The molecule has 0 saturated carbocycles. The van der Waals surface area contributed by atoms with Gasteiger partial charge in [0.15, 0.2) is 0 Å². The number of benzene rings is 1. The Hall–Kier alpha value is -0.480. The van der Waals surface area contributed by atoms with Crippen molar-refractivity contribution in [2.75, 3.05) is 12.4 Å². The van der Waals surface area contributed by atoms with E-state index in [1.807, 2.05) is 18.9 Å². The molecule has 0 spiro atoms. The van der Waals surface area contributed by atoms with Crippen molar-refractivity contribution in [2.24, 2.45) is 0 Å². The second-order valence-electron chi connectivity index (χ2n) is 3.70. The monoisotopic (exact) mass is 277 g/mol. The third-order valence-corrected chi connectivity index (χ3v) is 3.27. The van der Waals surface area contributed by atoms with Gasteiger partial charge in [-0.15, -0.1) is 0 Å². The molecule has 15 heavy (non-hydrogen) atoms. The Morgan fingerprint density at radius 3 is 2.27 bits per heavy atom. The topological polar surface area (TPSA) is 3.24 Å². The van der Waals surface area contributed by atoms with E-state index in [1.54, 1.807) is 0 Å². The maximum Gasteiger partial charge on any atom is 0.126 e. The zero-order valence-corrected chi connectivity index (χ0v) is 10.4. The van der Waals surface area contributed by atoms with E-state index < -0.39 is 11.6 Å². The Morgan fingerprint density at radius 1 is 1.27 bits per heavy atom. The number of rotatable bonds is 4. The molecule has 0 bridgehead atoms. The van der Waals surface area contributed by atoms with Crippen molar-refractivity contribution in [3.63, 3.8) is 0 Å². The van der Waals surface area contributed by atoms with Crippen molar-refractivity contribution in [1.29, 1.82) is 0 Å². The van der Waals surface area contributed by atoms with Crippen molar-refractivity contribution in [3.05, 3.63) is 35.4 Å². The lowest BCUT2D eigenvalue weighted by Crippen LogP contribution is -2.29. The summed E-state index contributed by atoms with van der Waals surface area (Å²) in [5.41, 5.74) is 0.655. The van der Waals surface area contributed by atoms with Gasteiger partial charge in [-0.3, -0.25) is 4.90 Å². The number of hydrogen-bond donors (Lipinski definition) is 0. The summed E-state index contributed by atoms with van der Waals surface area (Å²) < 4.78 is 25.8. The molecule has 0 radical (unpaired) electrons. The summed E-state index contributed by atoms with van der Waals surface area (Å²) >= 11 is 3.37. The van der Waals surface area contributed by atoms with Crippen LogP contribution < -0.4 is 0 Å². The quantitative estimate of drug-likeness (QED) is 0.765. The van der Waals surface area contributed by atoms with Crippen LogP contribution in [0.4, 0.5) is 8.78 Å². The summed E-state index contributed by atoms with van der Waals surface area (Å²) in [6.45, 7) is 2.59. The molecule has 0 aromatic heterocycles. The first-order chi connectivity index (χ1) is 7.02. The fourth-order valence-electron chi connectivity index (χ4n) is 1.26. The molecule has 0 aliphatic rings. The minimum atomic E-state index is -0.523. The predicted octanol–water partition coefficient (Wildman–Crippen LogP) is 3.18. The molecule has 1 atom stereocenters. The van der Waals surface area contributed by atoms with Crippen LogP contribution >= 0.6 is 15.9 Å². The number of halogens is 3. The van der Waals surface area contributed by atoms with E-state index in [9.17, 15) is 8.78 Å². The van der Waals surface area contributed by atoms with Crippen molar-refractivity contribution >= 4 is 15.9 Å². The van der Waals surface area contributed by atoms with Crippen LogP contribution in [0.3, 0.4) is 0 Å². The van der Waals surface area contributed by atoms with Gasteiger partial charge >= 0.3 is 0 Å². The molecular weight excluding hydrogens is 264 g/mol. The molecule has 0 heterocycles. The van der Waals surface area contributed by atoms with Gasteiger partial charge in [-0.1, -0.05) is 15.9 Å². The first kappa shape index (κ1) is 12.6. The average Bonchev–Trinajstić information content (AvgIpc) is 2.14. The van der Waals surface area contributed by atoms with Gasteiger partial charge in [-0.25, -0.2) is 8.78 Å². The number of hydrogen-bond acceptors (Lipinski definition) is 1. The normalized spacial score (nSPS) is 13.2. The Bertz CT molecular complexity index is 310. The smallest absolute Gasteiger partial charge is 0.126 e. The summed E-state index contributed by atoms with van der Waals surface area (Å²) in [4.78, 5) is 2.03. The van der Waals surface area contributed by atoms with E-state index in [2.05, 4.69) is 15.9 Å². The zero-order chi connectivity index (χ0) is 11.4. The van der Waals surface area contributed by atoms with Gasteiger partial charge in [-0.05, 0) is 31.7 Å². The van der Waals surface area contributed by atoms with Crippen LogP contribution in [-0.2, 0) is 6.54 Å². The van der Waals surface area contributed by atoms with Crippen molar-refractivity contribution < 1.29 is 8.78 Å². The molecule has 0 N–H and O–H groups in total. The summed E-state index contributed by atoms with van der Waals surface area (Å²) in [5, 5.41) is 0.835. The molecule has 0 saturated heterocycles. The maximum absolute atomic E-state index is 12.9. The van der Waals surface area contributed by atoms with E-state index in [4.69, 9.17) is 0 Å². The molecule has 84 valence electrons. The lowest BCUT2D eigenvalue weighted by molar-refractivity contribution is 0.270. The second kappa shape index (κ2) is 5.56. The minimum absolute atomic E-state index is 0.330. The van der Waals surface area contributed by atoms with Gasteiger partial charge in [0.2, 0.25) is 0 Å². The SMILES string of the molecule is CC(CBr)N(C)Cc1cc(F)cc(F)c1. The van der Waals surface area contributed by atoms with E-state index in [0.717, 1.165) is 11.4 Å². The summed E-state index contributed by atoms with van der Waals surface area (Å²) in [7, 11) is 1.93. The predicted molar refractivity (Wildman–Crippen MR) is 61.1 cm³/mol. The highest BCUT2D eigenvalue weighted by atomic mass is 79.9. The van der Waals surface area contributed by atoms with Gasteiger partial charge in [0.1, 0.15) is 11.6 Å². The minimum Gasteiger partial charge on any atom is -0.299 e. The average molecular weight is 278 g/mol. The molecule has 1 unspecified atom stereocenters. The Kier molecular flexibility index (Phi) is 4.67. The lowest BCUT2D eigenvalue weighted by Gasteiger charge is -2.22. The molecule has 1 aromatic carbocycles. The molecule has 1 nitrogen and oxygen atoms in total. The molecule has 1 rings (SSSR count). The number of alkyl halides is 1. The molecule has 4 heteroatoms. The summed E-state index contributed by atoms with van der Waals surface area (Å²) in [6, 6.07) is 3.94. The zero-order valence-electron chi connectivity index (χ0n) is 8.80. The Balaban J connectivity index is 2.72. The Morgan fingerprint density at radius 2 is 1.80 bits per heavy atom. The lowest BCUT2D eigenvalue weighted by atomic mass is 10.2. The third kappa shape index (κ3) is 3.87. The van der Waals surface area contributed by atoms with Gasteiger partial charge in [-0.2, -0.15) is 0 Å². The molecule has 0 amide bonds. The highest BCUT2D eigenvalue weighted by Gasteiger charge is 2.09. The van der Waals surface area contributed by atoms with Crippen LogP contribution in [0.15, 0.2) is 18.2 Å². The van der Waals surface area contributed by atoms with Gasteiger partial charge < -0.3 is 0 Å². The van der Waals surface area contributed by atoms with Crippen LogP contribution in [0.25, 0.3) is 0 Å². The maximum atomic E-state index is 12.9. The Labute approximate surface area is 97.2 Å². The number of nitrogens with zero attached hydrogens (tertiary/aromatic N) is 1. The van der Waals surface area contributed by atoms with Crippen LogP contribution in [0.5, 0.6) is 0 Å². The van der Waals surface area contributed by atoms with Gasteiger partial charge in [0.05, 0.1) is 0 Å². The van der Waals surface area contributed by atoms with Crippen molar-refractivity contribution in [3.8, 4) is 0 Å². The van der Waals surface area contributed by atoms with E-state index in [1.165, 1.54) is 12.1 Å². The summed E-state index contributed by atoms with van der Waals surface area (Å²) in [6.07, 6.45) is 0. The van der Waals surface area contributed by atoms with Gasteiger partial charge in [0, 0.05) is 24.0 Å². The fraction of sp³-hybridized carbons (Fsp3) is 0.455. The third-order valence-electron chi connectivity index (χ3n) is 2.33. The van der Waals surface area contributed by atoms with E-state index in [0.29, 0.717) is 18.2 Å². The highest BCUT2D eigenvalue weighted by molar-refractivity contribution is 9.09. The van der Waals surface area contributed by atoms with E-state index >= 15 is 0 Å². The standard InChI is InChI=1S/C11H14BrF2N/c1-8(6-12)15(2)7-9-3-10(13)5-11(14)4-9/h3-5,8H,6-7H2,1-2H3. The molecule has 0 fully saturated rings. The first-order valence-electron chi connectivity index (χ1n) is 4.74. The van der Waals surface area contributed by atoms with Crippen molar-refractivity contribution in [2.45, 2.75) is 19.5 Å². The van der Waals surface area contributed by atoms with Crippen LogP contribution in [0.2, 0.25) is 0 Å². The molecular formula is C11H14BrF2N. The van der Waals surface area contributed by atoms with Crippen LogP contribution in [-0.4, -0.2) is 23.3 Å². The van der Waals surface area contributed by atoms with Crippen LogP contribution in [0, 0.1) is 11.6 Å². The first-order valence-corrected chi connectivity index (χ1v) is 5.86. The largest absolute Gasteiger partial charge is 0.299 e. The van der Waals surface area contributed by atoms with Crippen molar-refractivity contribution in [1.82, 2.24) is 4.90 Å². The van der Waals surface area contributed by atoms with Gasteiger partial charge in [0.25, 0.3) is 0 Å². The van der Waals surface area contributed by atoms with E-state index in [-0.39, 0.29) is 0 Å². The molecule has 0 aliphatic heterocycles.